The summed E-state index contributed by atoms with van der Waals surface area (Å²) in [6, 6.07) is 12.7. The maximum atomic E-state index is 14.2. The van der Waals surface area contributed by atoms with Gasteiger partial charge >= 0.3 is 11.8 Å². The third kappa shape index (κ3) is 4.12. The number of benzene rings is 2. The van der Waals surface area contributed by atoms with Crippen molar-refractivity contribution < 1.29 is 14.0 Å². The Morgan fingerprint density at radius 1 is 1.03 bits per heavy atom. The number of hydrogen-bond donors (Lipinski definition) is 2. The SMILES string of the molecule is O=C(Nc1cccc(CN2CCCC2)c1)C(=O)N1CCCc2c([nH]c3c(F)cccc23)C1. The second kappa shape index (κ2) is 8.74. The highest BCUT2D eigenvalue weighted by atomic mass is 19.1. The number of H-pyrrole nitrogens is 1. The van der Waals surface area contributed by atoms with Crippen LogP contribution in [0.15, 0.2) is 42.5 Å². The van der Waals surface area contributed by atoms with E-state index in [4.69, 9.17) is 0 Å². The van der Waals surface area contributed by atoms with Crippen LogP contribution >= 0.6 is 0 Å². The number of carbonyl (C=O) groups excluding carboxylic acids is 2. The van der Waals surface area contributed by atoms with Crippen LogP contribution in [0.2, 0.25) is 0 Å². The largest absolute Gasteiger partial charge is 0.354 e. The summed E-state index contributed by atoms with van der Waals surface area (Å²) in [4.78, 5) is 32.7. The number of halogens is 1. The van der Waals surface area contributed by atoms with Crippen molar-refractivity contribution in [3.8, 4) is 0 Å². The summed E-state index contributed by atoms with van der Waals surface area (Å²) in [7, 11) is 0. The molecular formula is C25H27FN4O2. The third-order valence-corrected chi connectivity index (χ3v) is 6.45. The van der Waals surface area contributed by atoms with E-state index in [9.17, 15) is 14.0 Å². The van der Waals surface area contributed by atoms with E-state index in [-0.39, 0.29) is 12.4 Å². The standard InChI is InChI=1S/C25H27FN4O2/c26-21-10-4-8-20-19-9-5-13-30(16-22(19)28-23(20)21)25(32)24(31)27-18-7-3-6-17(14-18)15-29-11-1-2-12-29/h3-4,6-8,10,14,28H,1-2,5,9,11-13,15-16H2,(H,27,31). The minimum absolute atomic E-state index is 0.269. The lowest BCUT2D eigenvalue weighted by Crippen LogP contribution is -2.39. The number of hydrogen-bond acceptors (Lipinski definition) is 3. The van der Waals surface area contributed by atoms with Crippen LogP contribution < -0.4 is 5.32 Å². The van der Waals surface area contributed by atoms with Crippen LogP contribution in [-0.2, 0) is 29.1 Å². The lowest BCUT2D eigenvalue weighted by molar-refractivity contribution is -0.143. The van der Waals surface area contributed by atoms with E-state index in [1.54, 1.807) is 17.0 Å². The first kappa shape index (κ1) is 20.7. The van der Waals surface area contributed by atoms with E-state index in [1.807, 2.05) is 24.3 Å². The van der Waals surface area contributed by atoms with Crippen molar-refractivity contribution in [1.82, 2.24) is 14.8 Å². The summed E-state index contributed by atoms with van der Waals surface area (Å²) in [5.74, 6) is -1.52. The number of nitrogens with one attached hydrogen (secondary N) is 2. The Morgan fingerprint density at radius 2 is 1.84 bits per heavy atom. The molecule has 3 aromatic rings. The smallest absolute Gasteiger partial charge is 0.313 e. The lowest BCUT2D eigenvalue weighted by Gasteiger charge is -2.20. The maximum Gasteiger partial charge on any atom is 0.313 e. The van der Waals surface area contributed by atoms with Crippen molar-refractivity contribution in [2.45, 2.75) is 38.8 Å². The van der Waals surface area contributed by atoms with Crippen molar-refractivity contribution in [3.05, 3.63) is 65.1 Å². The Morgan fingerprint density at radius 3 is 2.69 bits per heavy atom. The molecule has 3 heterocycles. The molecule has 6 nitrogen and oxygen atoms in total. The Bertz CT molecular complexity index is 1170. The number of carbonyl (C=O) groups is 2. The molecular weight excluding hydrogens is 407 g/mol. The molecule has 1 aromatic heterocycles. The molecule has 0 spiro atoms. The third-order valence-electron chi connectivity index (χ3n) is 6.45. The van der Waals surface area contributed by atoms with Gasteiger partial charge in [-0.05, 0) is 68.1 Å². The molecule has 0 bridgehead atoms. The number of amides is 2. The van der Waals surface area contributed by atoms with Crippen molar-refractivity contribution in [2.24, 2.45) is 0 Å². The highest BCUT2D eigenvalue weighted by Crippen LogP contribution is 2.29. The first-order valence-corrected chi connectivity index (χ1v) is 11.3. The van der Waals surface area contributed by atoms with E-state index >= 15 is 0 Å². The molecule has 5 rings (SSSR count). The molecule has 32 heavy (non-hydrogen) atoms. The minimum atomic E-state index is -0.644. The van der Waals surface area contributed by atoms with Crippen molar-refractivity contribution in [2.75, 3.05) is 25.0 Å². The first-order chi connectivity index (χ1) is 15.6. The predicted octanol–water partition coefficient (Wildman–Crippen LogP) is 3.82. The molecule has 1 saturated heterocycles. The summed E-state index contributed by atoms with van der Waals surface area (Å²) in [5.41, 5.74) is 4.05. The number of nitrogens with zero attached hydrogens (tertiary/aromatic N) is 2. The van der Waals surface area contributed by atoms with Gasteiger partial charge in [0.15, 0.2) is 0 Å². The number of para-hydroxylation sites is 1. The number of aryl methyl sites for hydroxylation is 1. The highest BCUT2D eigenvalue weighted by molar-refractivity contribution is 6.39. The Balaban J connectivity index is 1.28. The fourth-order valence-electron chi connectivity index (χ4n) is 4.88. The first-order valence-electron chi connectivity index (χ1n) is 11.3. The molecule has 2 aliphatic heterocycles. The predicted molar refractivity (Wildman–Crippen MR) is 122 cm³/mol. The fourth-order valence-corrected chi connectivity index (χ4v) is 4.88. The molecule has 2 amide bonds. The molecule has 1 fully saturated rings. The Kier molecular flexibility index (Phi) is 5.66. The van der Waals surface area contributed by atoms with Crippen LogP contribution in [-0.4, -0.2) is 46.2 Å². The molecule has 0 unspecified atom stereocenters. The van der Waals surface area contributed by atoms with E-state index < -0.39 is 11.8 Å². The molecule has 0 aliphatic carbocycles. The van der Waals surface area contributed by atoms with Crippen LogP contribution in [0.1, 0.15) is 36.1 Å². The zero-order valence-electron chi connectivity index (χ0n) is 18.0. The van der Waals surface area contributed by atoms with Gasteiger partial charge in [-0.2, -0.15) is 0 Å². The normalized spacial score (nSPS) is 16.7. The molecule has 0 saturated carbocycles. The molecule has 2 aliphatic rings. The van der Waals surface area contributed by atoms with Gasteiger partial charge in [-0.3, -0.25) is 14.5 Å². The van der Waals surface area contributed by atoms with Crippen LogP contribution in [0.3, 0.4) is 0 Å². The highest BCUT2D eigenvalue weighted by Gasteiger charge is 2.27. The Labute approximate surface area is 186 Å². The second-order valence-corrected chi connectivity index (χ2v) is 8.71. The van der Waals surface area contributed by atoms with Gasteiger partial charge in [-0.1, -0.05) is 24.3 Å². The topological polar surface area (TPSA) is 68.4 Å². The van der Waals surface area contributed by atoms with Gasteiger partial charge in [0.25, 0.3) is 0 Å². The van der Waals surface area contributed by atoms with Gasteiger partial charge in [-0.15, -0.1) is 0 Å². The number of anilines is 1. The number of fused-ring (bicyclic) bond motifs is 3. The van der Waals surface area contributed by atoms with E-state index in [0.29, 0.717) is 17.7 Å². The fraction of sp³-hybridized carbons (Fsp3) is 0.360. The van der Waals surface area contributed by atoms with Gasteiger partial charge in [-0.25, -0.2) is 4.39 Å². The van der Waals surface area contributed by atoms with Gasteiger partial charge in [0.05, 0.1) is 12.1 Å². The van der Waals surface area contributed by atoms with E-state index in [0.717, 1.165) is 54.7 Å². The number of aromatic nitrogens is 1. The van der Waals surface area contributed by atoms with Crippen LogP contribution in [0, 0.1) is 5.82 Å². The van der Waals surface area contributed by atoms with Crippen molar-refractivity contribution in [3.63, 3.8) is 0 Å². The summed E-state index contributed by atoms with van der Waals surface area (Å²) in [6.45, 7) is 3.81. The second-order valence-electron chi connectivity index (χ2n) is 8.71. The molecule has 0 atom stereocenters. The number of aromatic amines is 1. The summed E-state index contributed by atoms with van der Waals surface area (Å²) < 4.78 is 14.2. The van der Waals surface area contributed by atoms with Crippen molar-refractivity contribution >= 4 is 28.4 Å². The lowest BCUT2D eigenvalue weighted by atomic mass is 10.1. The molecule has 2 N–H and O–H groups in total. The average Bonchev–Trinajstić information content (AvgIpc) is 3.36. The molecule has 7 heteroatoms. The number of rotatable bonds is 3. The monoisotopic (exact) mass is 434 g/mol. The molecule has 0 radical (unpaired) electrons. The Hall–Kier alpha value is -3.19. The zero-order valence-corrected chi connectivity index (χ0v) is 18.0. The average molecular weight is 435 g/mol. The van der Waals surface area contributed by atoms with Gasteiger partial charge in [0.2, 0.25) is 0 Å². The summed E-state index contributed by atoms with van der Waals surface area (Å²) in [5, 5.41) is 3.62. The van der Waals surface area contributed by atoms with E-state index in [1.165, 1.54) is 18.9 Å². The zero-order chi connectivity index (χ0) is 22.1. The van der Waals surface area contributed by atoms with Crippen LogP contribution in [0.5, 0.6) is 0 Å². The van der Waals surface area contributed by atoms with Crippen molar-refractivity contribution in [1.29, 1.82) is 0 Å². The maximum absolute atomic E-state index is 14.2. The molecule has 2 aromatic carbocycles. The van der Waals surface area contributed by atoms with Gasteiger partial charge in [0, 0.05) is 29.9 Å². The quantitative estimate of drug-likeness (QED) is 0.616. The minimum Gasteiger partial charge on any atom is -0.354 e. The number of likely N-dealkylation sites (tertiary alicyclic amines) is 1. The molecule has 166 valence electrons. The van der Waals surface area contributed by atoms with Crippen LogP contribution in [0.4, 0.5) is 10.1 Å². The summed E-state index contributed by atoms with van der Waals surface area (Å²) in [6.07, 6.45) is 3.92. The van der Waals surface area contributed by atoms with Gasteiger partial charge in [0.1, 0.15) is 5.82 Å². The van der Waals surface area contributed by atoms with Gasteiger partial charge < -0.3 is 15.2 Å². The van der Waals surface area contributed by atoms with Crippen LogP contribution in [0.25, 0.3) is 10.9 Å². The van der Waals surface area contributed by atoms with E-state index in [2.05, 4.69) is 15.2 Å². The summed E-state index contributed by atoms with van der Waals surface area (Å²) >= 11 is 0.